The molecule has 0 radical (unpaired) electrons. The number of carbonyl (C=O) groups is 1. The van der Waals surface area contributed by atoms with Crippen molar-refractivity contribution < 1.29 is 17.9 Å². The van der Waals surface area contributed by atoms with E-state index in [2.05, 4.69) is 5.32 Å². The summed E-state index contributed by atoms with van der Waals surface area (Å²) in [5, 5.41) is 3.03. The van der Waals surface area contributed by atoms with Crippen LogP contribution < -0.4 is 10.1 Å². The molecule has 0 unspecified atom stereocenters. The fourth-order valence-electron chi connectivity index (χ4n) is 4.23. The molecule has 1 saturated heterocycles. The second-order valence-corrected chi connectivity index (χ2v) is 10.2. The summed E-state index contributed by atoms with van der Waals surface area (Å²) >= 11 is 0. The molecule has 3 aromatic carbocycles. The molecule has 8 heteroatoms. The van der Waals surface area contributed by atoms with Crippen molar-refractivity contribution in [1.29, 1.82) is 0 Å². The molecule has 178 valence electrons. The monoisotopic (exact) mass is 479 g/mol. The molecule has 0 bridgehead atoms. The van der Waals surface area contributed by atoms with Crippen LogP contribution in [0.15, 0.2) is 83.8 Å². The largest absolute Gasteiger partial charge is 0.495 e. The van der Waals surface area contributed by atoms with Gasteiger partial charge in [-0.25, -0.2) is 8.42 Å². The number of nitrogens with zero attached hydrogens (tertiary/aromatic N) is 2. The van der Waals surface area contributed by atoms with Gasteiger partial charge in [0.1, 0.15) is 11.8 Å². The zero-order chi connectivity index (χ0) is 24.1. The highest BCUT2D eigenvalue weighted by atomic mass is 32.2. The van der Waals surface area contributed by atoms with Gasteiger partial charge < -0.3 is 10.1 Å². The van der Waals surface area contributed by atoms with Crippen LogP contribution in [0.4, 0.5) is 5.69 Å². The van der Waals surface area contributed by atoms with E-state index in [4.69, 9.17) is 4.74 Å². The lowest BCUT2D eigenvalue weighted by atomic mass is 10.0. The maximum Gasteiger partial charge on any atom is 0.246 e. The van der Waals surface area contributed by atoms with Crippen LogP contribution in [0.25, 0.3) is 0 Å². The topological polar surface area (TPSA) is 79.0 Å². The molecule has 1 atom stereocenters. The molecule has 1 amide bonds. The molecule has 1 fully saturated rings. The van der Waals surface area contributed by atoms with Gasteiger partial charge in [-0.05, 0) is 42.3 Å². The number of piperazine rings is 1. The van der Waals surface area contributed by atoms with Gasteiger partial charge in [0.15, 0.2) is 0 Å². The van der Waals surface area contributed by atoms with Gasteiger partial charge in [-0.2, -0.15) is 4.31 Å². The van der Waals surface area contributed by atoms with Crippen molar-refractivity contribution >= 4 is 21.6 Å². The number of methoxy groups -OCH3 is 1. The van der Waals surface area contributed by atoms with E-state index in [1.807, 2.05) is 60.4 Å². The van der Waals surface area contributed by atoms with Gasteiger partial charge in [-0.3, -0.25) is 9.69 Å². The van der Waals surface area contributed by atoms with E-state index < -0.39 is 16.1 Å². The first-order valence-electron chi connectivity index (χ1n) is 11.2. The summed E-state index contributed by atoms with van der Waals surface area (Å²) in [5.74, 6) is 0.402. The van der Waals surface area contributed by atoms with E-state index in [0.29, 0.717) is 37.6 Å². The molecule has 1 aliphatic heterocycles. The molecule has 3 aromatic rings. The third kappa shape index (κ3) is 5.14. The number of sulfonamides is 1. The first kappa shape index (κ1) is 23.9. The van der Waals surface area contributed by atoms with Crippen molar-refractivity contribution in [2.45, 2.75) is 17.9 Å². The lowest BCUT2D eigenvalue weighted by Gasteiger charge is -2.38. The van der Waals surface area contributed by atoms with Crippen molar-refractivity contribution in [2.24, 2.45) is 0 Å². The molecular weight excluding hydrogens is 450 g/mol. The predicted molar refractivity (Wildman–Crippen MR) is 132 cm³/mol. The fourth-order valence-corrected chi connectivity index (χ4v) is 5.67. The Morgan fingerprint density at radius 2 is 1.53 bits per heavy atom. The molecule has 34 heavy (non-hydrogen) atoms. The number of benzene rings is 3. The molecule has 0 spiro atoms. The molecule has 4 rings (SSSR count). The summed E-state index contributed by atoms with van der Waals surface area (Å²) < 4.78 is 33.0. The average molecular weight is 480 g/mol. The van der Waals surface area contributed by atoms with Crippen LogP contribution in [0.1, 0.15) is 17.2 Å². The fraction of sp³-hybridized carbons (Fsp3) is 0.269. The van der Waals surface area contributed by atoms with Gasteiger partial charge in [0.25, 0.3) is 0 Å². The van der Waals surface area contributed by atoms with Crippen LogP contribution in [0, 0.1) is 6.92 Å². The number of amides is 1. The molecule has 1 aliphatic rings. The van der Waals surface area contributed by atoms with Crippen LogP contribution in [0.3, 0.4) is 0 Å². The number of rotatable bonds is 7. The molecule has 1 heterocycles. The summed E-state index contributed by atoms with van der Waals surface area (Å²) in [7, 11) is -2.00. The van der Waals surface area contributed by atoms with E-state index in [1.165, 1.54) is 4.31 Å². The van der Waals surface area contributed by atoms with Gasteiger partial charge >= 0.3 is 0 Å². The van der Waals surface area contributed by atoms with Gasteiger partial charge in [0.05, 0.1) is 17.7 Å². The van der Waals surface area contributed by atoms with Gasteiger partial charge in [0.2, 0.25) is 15.9 Å². The van der Waals surface area contributed by atoms with E-state index in [-0.39, 0.29) is 10.8 Å². The van der Waals surface area contributed by atoms with Crippen molar-refractivity contribution in [3.63, 3.8) is 0 Å². The van der Waals surface area contributed by atoms with Crippen molar-refractivity contribution in [3.05, 3.63) is 90.0 Å². The number of anilines is 1. The maximum absolute atomic E-state index is 13.6. The van der Waals surface area contributed by atoms with Gasteiger partial charge in [-0.15, -0.1) is 0 Å². The van der Waals surface area contributed by atoms with E-state index in [1.54, 1.807) is 37.4 Å². The van der Waals surface area contributed by atoms with Crippen molar-refractivity contribution in [2.75, 3.05) is 38.6 Å². The Morgan fingerprint density at radius 3 is 2.15 bits per heavy atom. The van der Waals surface area contributed by atoms with Crippen LogP contribution >= 0.6 is 0 Å². The van der Waals surface area contributed by atoms with E-state index in [9.17, 15) is 13.2 Å². The number of carbonyl (C=O) groups excluding carboxylic acids is 1. The quantitative estimate of drug-likeness (QED) is 0.559. The smallest absolute Gasteiger partial charge is 0.246 e. The number of ether oxygens (including phenoxy) is 1. The lowest BCUT2D eigenvalue weighted by Crippen LogP contribution is -2.51. The third-order valence-corrected chi connectivity index (χ3v) is 7.91. The molecule has 0 aliphatic carbocycles. The van der Waals surface area contributed by atoms with Crippen LogP contribution in [0.5, 0.6) is 5.75 Å². The van der Waals surface area contributed by atoms with Crippen LogP contribution in [-0.2, 0) is 14.8 Å². The molecular formula is C26H29N3O4S. The summed E-state index contributed by atoms with van der Waals surface area (Å²) in [4.78, 5) is 15.9. The lowest BCUT2D eigenvalue weighted by molar-refractivity contribution is -0.122. The second kappa shape index (κ2) is 10.4. The first-order chi connectivity index (χ1) is 16.4. The Bertz CT molecular complexity index is 1230. The first-order valence-corrected chi connectivity index (χ1v) is 12.6. The maximum atomic E-state index is 13.6. The highest BCUT2D eigenvalue weighted by Crippen LogP contribution is 2.30. The highest BCUT2D eigenvalue weighted by molar-refractivity contribution is 7.89. The summed E-state index contributed by atoms with van der Waals surface area (Å²) in [6, 6.07) is 23.1. The number of nitrogens with one attached hydrogen (secondary N) is 1. The number of aryl methyl sites for hydroxylation is 1. The van der Waals surface area contributed by atoms with Crippen molar-refractivity contribution in [1.82, 2.24) is 9.21 Å². The average Bonchev–Trinajstić information content (AvgIpc) is 2.86. The molecule has 0 aromatic heterocycles. The van der Waals surface area contributed by atoms with Crippen molar-refractivity contribution in [3.8, 4) is 5.75 Å². The van der Waals surface area contributed by atoms with Gasteiger partial charge in [-0.1, -0.05) is 54.6 Å². The van der Waals surface area contributed by atoms with E-state index >= 15 is 0 Å². The zero-order valence-electron chi connectivity index (χ0n) is 19.3. The Balaban J connectivity index is 1.55. The standard InChI is InChI=1S/C26H29N3O4S/c1-20-13-14-24(33-2)23(19-20)27-26(30)25(21-9-5-3-6-10-21)28-15-17-29(18-16-28)34(31,32)22-11-7-4-8-12-22/h3-14,19,25H,15-18H2,1-2H3,(H,27,30)/t25-/m0/s1. The number of hydrogen-bond donors (Lipinski definition) is 1. The Kier molecular flexibility index (Phi) is 7.31. The Morgan fingerprint density at radius 1 is 0.912 bits per heavy atom. The Labute approximate surface area is 201 Å². The molecule has 7 nitrogen and oxygen atoms in total. The van der Waals surface area contributed by atoms with Crippen LogP contribution in [0.2, 0.25) is 0 Å². The van der Waals surface area contributed by atoms with Gasteiger partial charge in [0, 0.05) is 26.2 Å². The SMILES string of the molecule is COc1ccc(C)cc1NC(=O)[C@H](c1ccccc1)N1CCN(S(=O)(=O)c2ccccc2)CC1. The third-order valence-electron chi connectivity index (χ3n) is 6.00. The minimum absolute atomic E-state index is 0.186. The van der Waals surface area contributed by atoms with E-state index in [0.717, 1.165) is 11.1 Å². The second-order valence-electron chi connectivity index (χ2n) is 8.26. The minimum Gasteiger partial charge on any atom is -0.495 e. The number of hydrogen-bond acceptors (Lipinski definition) is 5. The minimum atomic E-state index is -3.57. The summed E-state index contributed by atoms with van der Waals surface area (Å²) in [5.41, 5.74) is 2.47. The predicted octanol–water partition coefficient (Wildman–Crippen LogP) is 3.69. The molecule has 0 saturated carbocycles. The molecule has 1 N–H and O–H groups in total. The van der Waals surface area contributed by atoms with Crippen LogP contribution in [-0.4, -0.2) is 56.8 Å². The summed E-state index contributed by atoms with van der Waals surface area (Å²) in [6.07, 6.45) is 0. The zero-order valence-corrected chi connectivity index (χ0v) is 20.2. The highest BCUT2D eigenvalue weighted by Gasteiger charge is 2.34. The normalized spacial score (nSPS) is 16.1. The summed E-state index contributed by atoms with van der Waals surface area (Å²) in [6.45, 7) is 3.44. The Hall–Kier alpha value is -3.20.